The Morgan fingerprint density at radius 3 is 2.64 bits per heavy atom. The molecule has 0 fully saturated rings. The second kappa shape index (κ2) is 5.00. The fraction of sp³-hybridized carbons (Fsp3) is 0.400. The van der Waals surface area contributed by atoms with Crippen molar-refractivity contribution >= 4 is 29.0 Å². The first kappa shape index (κ1) is 11.0. The van der Waals surface area contributed by atoms with E-state index in [2.05, 4.69) is 4.98 Å². The van der Waals surface area contributed by atoms with Crippen LogP contribution < -0.4 is 10.8 Å². The summed E-state index contributed by atoms with van der Waals surface area (Å²) in [7, 11) is 0. The minimum absolute atomic E-state index is 0.0762. The number of nitrogens with zero attached hydrogens (tertiary/aromatic N) is 1. The van der Waals surface area contributed by atoms with Crippen LogP contribution in [0.1, 0.15) is 26.7 Å². The van der Waals surface area contributed by atoms with Gasteiger partial charge in [0.1, 0.15) is 10.8 Å². The molecule has 0 atom stereocenters. The maximum absolute atomic E-state index is 10.7. The Bertz CT molecular complexity index is 402. The summed E-state index contributed by atoms with van der Waals surface area (Å²) in [5.41, 5.74) is 0.770. The van der Waals surface area contributed by atoms with E-state index in [0.717, 1.165) is 10.8 Å². The topological polar surface area (TPSA) is 43.1 Å². The fourth-order valence-corrected chi connectivity index (χ4v) is 1.48. The Labute approximate surface area is 86.9 Å². The average Bonchev–Trinajstić information content (AvgIpc) is 2.57. The van der Waals surface area contributed by atoms with Crippen molar-refractivity contribution in [3.05, 3.63) is 16.7 Å². The van der Waals surface area contributed by atoms with E-state index in [9.17, 15) is 4.79 Å². The summed E-state index contributed by atoms with van der Waals surface area (Å²) in [5, 5.41) is 0.916. The van der Waals surface area contributed by atoms with E-state index in [4.69, 9.17) is 4.42 Å². The van der Waals surface area contributed by atoms with Crippen molar-refractivity contribution in [1.29, 1.82) is 0 Å². The molecule has 0 aliphatic heterocycles. The summed E-state index contributed by atoms with van der Waals surface area (Å²) in [5.74, 6) is 1.11. The summed E-state index contributed by atoms with van der Waals surface area (Å²) in [6, 6.07) is 0. The maximum atomic E-state index is 10.7. The lowest BCUT2D eigenvalue weighted by molar-refractivity contribution is -0.109. The Morgan fingerprint density at radius 2 is 2.21 bits per heavy atom. The van der Waals surface area contributed by atoms with Crippen LogP contribution in [0.25, 0.3) is 12.2 Å². The molecule has 1 heterocycles. The van der Waals surface area contributed by atoms with Crippen LogP contribution in [0.4, 0.5) is 0 Å². The Hall–Kier alpha value is -1.03. The van der Waals surface area contributed by atoms with Crippen LogP contribution in [0.2, 0.25) is 0 Å². The number of rotatable bonds is 2. The molecule has 76 valence electrons. The van der Waals surface area contributed by atoms with Crippen molar-refractivity contribution < 1.29 is 9.21 Å². The van der Waals surface area contributed by atoms with E-state index in [1.165, 1.54) is 18.7 Å². The molecule has 0 N–H and O–H groups in total. The normalized spacial score (nSPS) is 13.6. The van der Waals surface area contributed by atoms with Crippen molar-refractivity contribution in [2.75, 3.05) is 0 Å². The molecule has 0 aliphatic carbocycles. The first-order valence-corrected chi connectivity index (χ1v) is 5.37. The van der Waals surface area contributed by atoms with Gasteiger partial charge in [-0.1, -0.05) is 17.8 Å². The molecule has 1 aromatic rings. The summed E-state index contributed by atoms with van der Waals surface area (Å²) in [4.78, 5) is 15.0. The highest BCUT2D eigenvalue weighted by Gasteiger charge is 2.03. The van der Waals surface area contributed by atoms with Crippen molar-refractivity contribution in [2.45, 2.75) is 26.5 Å². The second-order valence-corrected chi connectivity index (χ2v) is 3.87. The lowest BCUT2D eigenvalue weighted by Crippen LogP contribution is -2.20. The number of thioether (sulfide) groups is 1. The Kier molecular flexibility index (Phi) is 3.95. The summed E-state index contributed by atoms with van der Waals surface area (Å²) < 4.78 is 5.43. The molecule has 4 heteroatoms. The molecule has 1 rings (SSSR count). The minimum Gasteiger partial charge on any atom is -0.440 e. The molecule has 0 radical (unpaired) electrons. The molecule has 0 saturated heterocycles. The first-order valence-electron chi connectivity index (χ1n) is 4.39. The van der Waals surface area contributed by atoms with Crippen molar-refractivity contribution in [1.82, 2.24) is 4.98 Å². The quantitative estimate of drug-likeness (QED) is 0.733. The standard InChI is InChI=1S/C10H13NO2S/c1-4-8-9(5-2)13-10(11-8)6-14-7(3)12/h4-5H,6H2,1-3H3/b8-4+,9-5+. The number of oxazole rings is 1. The third-order valence-electron chi connectivity index (χ3n) is 1.66. The van der Waals surface area contributed by atoms with Crippen LogP contribution in [0, 0.1) is 0 Å². The van der Waals surface area contributed by atoms with Gasteiger partial charge in [0.05, 0.1) is 5.75 Å². The van der Waals surface area contributed by atoms with Gasteiger partial charge >= 0.3 is 0 Å². The monoisotopic (exact) mass is 211 g/mol. The van der Waals surface area contributed by atoms with E-state index in [-0.39, 0.29) is 5.12 Å². The summed E-state index contributed by atoms with van der Waals surface area (Å²) in [6.07, 6.45) is 3.75. The summed E-state index contributed by atoms with van der Waals surface area (Å²) in [6.45, 7) is 5.34. The second-order valence-electron chi connectivity index (χ2n) is 2.71. The van der Waals surface area contributed by atoms with Crippen LogP contribution in [0.15, 0.2) is 4.42 Å². The highest BCUT2D eigenvalue weighted by molar-refractivity contribution is 8.12. The lowest BCUT2D eigenvalue weighted by atomic mass is 10.5. The third-order valence-corrected chi connectivity index (χ3v) is 2.46. The predicted octanol–water partition coefficient (Wildman–Crippen LogP) is 1.06. The molecule has 3 nitrogen and oxygen atoms in total. The van der Waals surface area contributed by atoms with Gasteiger partial charge in [0.2, 0.25) is 5.89 Å². The van der Waals surface area contributed by atoms with E-state index in [1.54, 1.807) is 0 Å². The van der Waals surface area contributed by atoms with Crippen LogP contribution in [0.5, 0.6) is 0 Å². The van der Waals surface area contributed by atoms with Gasteiger partial charge in [0.15, 0.2) is 5.12 Å². The smallest absolute Gasteiger partial charge is 0.205 e. The van der Waals surface area contributed by atoms with Gasteiger partial charge in [-0.2, -0.15) is 0 Å². The maximum Gasteiger partial charge on any atom is 0.205 e. The molecule has 0 aliphatic rings. The van der Waals surface area contributed by atoms with Crippen LogP contribution in [0.3, 0.4) is 0 Å². The Balaban J connectivity index is 2.92. The predicted molar refractivity (Wildman–Crippen MR) is 58.0 cm³/mol. The molecule has 0 amide bonds. The number of hydrogen-bond donors (Lipinski definition) is 0. The Morgan fingerprint density at radius 1 is 1.50 bits per heavy atom. The van der Waals surface area contributed by atoms with Crippen molar-refractivity contribution in [3.8, 4) is 0 Å². The first-order chi connectivity index (χ1) is 6.67. The third kappa shape index (κ3) is 2.73. The molecule has 1 aromatic heterocycles. The number of carbonyl (C=O) groups excluding carboxylic acids is 1. The summed E-state index contributed by atoms with van der Waals surface area (Å²) >= 11 is 1.20. The van der Waals surface area contributed by atoms with E-state index in [1.807, 2.05) is 26.0 Å². The molecule has 0 aromatic carbocycles. The van der Waals surface area contributed by atoms with Gasteiger partial charge in [-0.05, 0) is 19.9 Å². The molecular weight excluding hydrogens is 198 g/mol. The zero-order valence-corrected chi connectivity index (χ0v) is 9.35. The van der Waals surface area contributed by atoms with Crippen molar-refractivity contribution in [2.24, 2.45) is 0 Å². The van der Waals surface area contributed by atoms with Gasteiger partial charge in [0, 0.05) is 6.92 Å². The zero-order valence-electron chi connectivity index (χ0n) is 8.53. The van der Waals surface area contributed by atoms with Gasteiger partial charge in [-0.15, -0.1) is 0 Å². The molecule has 0 saturated carbocycles. The minimum atomic E-state index is 0.0762. The van der Waals surface area contributed by atoms with E-state index >= 15 is 0 Å². The fourth-order valence-electron chi connectivity index (χ4n) is 1.03. The molecule has 14 heavy (non-hydrogen) atoms. The van der Waals surface area contributed by atoms with Crippen molar-refractivity contribution in [3.63, 3.8) is 0 Å². The van der Waals surface area contributed by atoms with Crippen LogP contribution in [-0.2, 0) is 10.5 Å². The highest BCUT2D eigenvalue weighted by Crippen LogP contribution is 2.07. The number of aromatic nitrogens is 1. The molecule has 0 unspecified atom stereocenters. The van der Waals surface area contributed by atoms with E-state index < -0.39 is 0 Å². The molecule has 0 spiro atoms. The van der Waals surface area contributed by atoms with Crippen LogP contribution >= 0.6 is 11.8 Å². The SMILES string of the molecule is C/C=c1/nc(CSC(C)=O)o/c1=C/C. The van der Waals surface area contributed by atoms with Crippen LogP contribution in [-0.4, -0.2) is 10.1 Å². The molecule has 0 bridgehead atoms. The number of hydrogen-bond acceptors (Lipinski definition) is 4. The van der Waals surface area contributed by atoms with Gasteiger partial charge in [0.25, 0.3) is 0 Å². The zero-order chi connectivity index (χ0) is 10.6. The van der Waals surface area contributed by atoms with Gasteiger partial charge in [-0.25, -0.2) is 4.98 Å². The van der Waals surface area contributed by atoms with Gasteiger partial charge in [-0.3, -0.25) is 4.79 Å². The van der Waals surface area contributed by atoms with E-state index in [0.29, 0.717) is 11.6 Å². The lowest BCUT2D eigenvalue weighted by Gasteiger charge is -1.89. The van der Waals surface area contributed by atoms with Gasteiger partial charge < -0.3 is 4.42 Å². The highest BCUT2D eigenvalue weighted by atomic mass is 32.2. The largest absolute Gasteiger partial charge is 0.440 e. The molecular formula is C10H13NO2S. The number of carbonyl (C=O) groups is 1. The average molecular weight is 211 g/mol.